The summed E-state index contributed by atoms with van der Waals surface area (Å²) in [4.78, 5) is 93.3. The van der Waals surface area contributed by atoms with Gasteiger partial charge in [0.05, 0.1) is 18.2 Å². The van der Waals surface area contributed by atoms with Crippen molar-refractivity contribution in [2.75, 3.05) is 23.8 Å². The van der Waals surface area contributed by atoms with Crippen LogP contribution in [-0.2, 0) is 43.0 Å². The van der Waals surface area contributed by atoms with Gasteiger partial charge in [-0.05, 0) is 94.4 Å². The minimum atomic E-state index is -2.10. The molecule has 12 atom stereocenters. The van der Waals surface area contributed by atoms with E-state index in [0.717, 1.165) is 22.6 Å². The number of pyridine rings is 1. The predicted molar refractivity (Wildman–Crippen MR) is 235 cm³/mol. The SMILES string of the molecule is C[C@H](CC(=O)[C@H](C)NC(=O)CCN1C(=O)C=CC1=O)C(=O)Nc1ccc([C@@H](C)Nc2ccc([C@@H]3O[C@@H]4C[C@H]5[C@@H]6CCC7=CC(=O)C=C[C@]7(C)[C@@]6(F)[C@@H](O)C[C@]5(C)[C@]4(C(=O)CO)O3)cn2)cc1. The van der Waals surface area contributed by atoms with E-state index in [9.17, 15) is 43.8 Å². The van der Waals surface area contributed by atoms with Crippen LogP contribution in [0.5, 0.6) is 0 Å². The first-order valence-corrected chi connectivity index (χ1v) is 22.5. The van der Waals surface area contributed by atoms with E-state index in [2.05, 4.69) is 20.9 Å². The monoisotopic (exact) mass is 909 g/mol. The topological polar surface area (TPSA) is 231 Å². The van der Waals surface area contributed by atoms with Crippen molar-refractivity contribution in [2.24, 2.45) is 28.6 Å². The van der Waals surface area contributed by atoms with Gasteiger partial charge in [-0.3, -0.25) is 38.5 Å². The average Bonchev–Trinajstić information content (AvgIpc) is 3.91. The van der Waals surface area contributed by atoms with Crippen LogP contribution in [0.3, 0.4) is 0 Å². The number of benzene rings is 1. The first kappa shape index (κ1) is 46.8. The van der Waals surface area contributed by atoms with Crippen molar-refractivity contribution >= 4 is 52.5 Å². The van der Waals surface area contributed by atoms with Gasteiger partial charge >= 0.3 is 0 Å². The van der Waals surface area contributed by atoms with Crippen molar-refractivity contribution in [3.05, 3.63) is 89.7 Å². The smallest absolute Gasteiger partial charge is 0.253 e. The van der Waals surface area contributed by atoms with E-state index < -0.39 is 94.5 Å². The van der Waals surface area contributed by atoms with Crippen molar-refractivity contribution in [2.45, 2.75) is 115 Å². The van der Waals surface area contributed by atoms with Crippen molar-refractivity contribution in [1.29, 1.82) is 0 Å². The van der Waals surface area contributed by atoms with Crippen LogP contribution in [0.15, 0.2) is 78.5 Å². The second-order valence-corrected chi connectivity index (χ2v) is 19.1. The number of fused-ring (bicyclic) bond motifs is 7. The molecule has 0 radical (unpaired) electrons. The van der Waals surface area contributed by atoms with Gasteiger partial charge in [0.2, 0.25) is 11.8 Å². The summed E-state index contributed by atoms with van der Waals surface area (Å²) < 4.78 is 30.8. The number of halogens is 1. The van der Waals surface area contributed by atoms with Crippen molar-refractivity contribution in [1.82, 2.24) is 15.2 Å². The molecule has 350 valence electrons. The zero-order valence-corrected chi connectivity index (χ0v) is 37.5. The Morgan fingerprint density at radius 2 is 1.70 bits per heavy atom. The van der Waals surface area contributed by atoms with Crippen LogP contribution in [-0.4, -0.2) is 104 Å². The maximum Gasteiger partial charge on any atom is 0.253 e. The molecule has 4 fully saturated rings. The molecule has 3 saturated carbocycles. The molecule has 66 heavy (non-hydrogen) atoms. The highest BCUT2D eigenvalue weighted by Gasteiger charge is 2.79. The molecule has 16 nitrogen and oxygen atoms in total. The van der Waals surface area contributed by atoms with Gasteiger partial charge < -0.3 is 35.6 Å². The molecule has 6 aliphatic rings. The molecule has 4 aliphatic carbocycles. The number of nitrogens with one attached hydrogen (secondary N) is 3. The van der Waals surface area contributed by atoms with E-state index in [1.54, 1.807) is 50.4 Å². The molecular weight excluding hydrogens is 854 g/mol. The zero-order chi connectivity index (χ0) is 47.5. The number of alkyl halides is 1. The Labute approximate surface area is 381 Å². The van der Waals surface area contributed by atoms with Crippen molar-refractivity contribution in [3.63, 3.8) is 0 Å². The lowest BCUT2D eigenvalue weighted by Crippen LogP contribution is -2.69. The van der Waals surface area contributed by atoms with Crippen molar-refractivity contribution < 1.29 is 57.6 Å². The van der Waals surface area contributed by atoms with Gasteiger partial charge in [0.15, 0.2) is 34.9 Å². The maximum atomic E-state index is 17.7. The van der Waals surface area contributed by atoms with E-state index in [1.807, 2.05) is 26.0 Å². The third-order valence-electron chi connectivity index (χ3n) is 15.3. The predicted octanol–water partition coefficient (Wildman–Crippen LogP) is 4.30. The number of carbonyl (C=O) groups is 7. The van der Waals surface area contributed by atoms with Gasteiger partial charge in [-0.2, -0.15) is 0 Å². The summed E-state index contributed by atoms with van der Waals surface area (Å²) in [6, 6.07) is 9.55. The Hall–Kier alpha value is -5.75. The maximum absolute atomic E-state index is 17.7. The van der Waals surface area contributed by atoms with E-state index in [-0.39, 0.29) is 55.7 Å². The Kier molecular flexibility index (Phi) is 12.4. The summed E-state index contributed by atoms with van der Waals surface area (Å²) >= 11 is 0. The number of ketones is 3. The van der Waals surface area contributed by atoms with Crippen LogP contribution in [0.1, 0.15) is 96.6 Å². The largest absolute Gasteiger partial charge is 0.390 e. The van der Waals surface area contributed by atoms with E-state index >= 15 is 4.39 Å². The Bertz CT molecular complexity index is 2420. The minimum Gasteiger partial charge on any atom is -0.390 e. The van der Waals surface area contributed by atoms with Crippen LogP contribution < -0.4 is 16.0 Å². The van der Waals surface area contributed by atoms with Crippen molar-refractivity contribution in [3.8, 4) is 0 Å². The molecule has 17 heteroatoms. The van der Waals surface area contributed by atoms with Gasteiger partial charge in [0.1, 0.15) is 12.4 Å². The van der Waals surface area contributed by atoms with Gasteiger partial charge in [-0.15, -0.1) is 0 Å². The third-order valence-corrected chi connectivity index (χ3v) is 15.3. The number of aliphatic hydroxyl groups is 2. The summed E-state index contributed by atoms with van der Waals surface area (Å²) in [6.07, 6.45) is 5.66. The number of rotatable bonds is 15. The highest BCUT2D eigenvalue weighted by molar-refractivity contribution is 6.13. The van der Waals surface area contributed by atoms with Crippen LogP contribution in [0.2, 0.25) is 0 Å². The van der Waals surface area contributed by atoms with Crippen LogP contribution in [0.4, 0.5) is 15.9 Å². The van der Waals surface area contributed by atoms with Crippen LogP contribution in [0, 0.1) is 28.6 Å². The number of anilines is 2. The van der Waals surface area contributed by atoms with Gasteiger partial charge in [-0.1, -0.05) is 37.6 Å². The lowest BCUT2D eigenvalue weighted by Gasteiger charge is -2.62. The Balaban J connectivity index is 0.850. The number of allylic oxidation sites excluding steroid dienone is 4. The van der Waals surface area contributed by atoms with E-state index in [0.29, 0.717) is 35.5 Å². The zero-order valence-electron chi connectivity index (χ0n) is 37.5. The summed E-state index contributed by atoms with van der Waals surface area (Å²) in [7, 11) is 0. The number of aliphatic hydroxyl groups excluding tert-OH is 2. The summed E-state index contributed by atoms with van der Waals surface area (Å²) in [6.45, 7) is 7.70. The normalized spacial score (nSPS) is 33.2. The lowest BCUT2D eigenvalue weighted by molar-refractivity contribution is -0.231. The molecule has 0 bridgehead atoms. The fourth-order valence-corrected chi connectivity index (χ4v) is 11.6. The standard InChI is InChI=1S/C49H56FN5O11/c1-26(20-36(58)28(3)53-41(61)17-19-55-42(62)14-15-43(55)63)44(64)54-32-10-6-29(7-11-32)27(2)52-40-13-8-30(24-51-40)45-65-39-22-35-34-12-9-31-21-33(57)16-18-46(31,4)48(34,50)37(59)23-47(35,5)49(39,66-45)38(60)25-56/h6-8,10-11,13-16,18,21,24,26-28,34-35,37,39,45,56,59H,9,12,17,19-20,22-23,25H2,1-5H3,(H,51,52)(H,53,61)(H,54,64)/t26-,27-,28+,34+,35+,37+,39-,45-,46+,47+,48+,49-/m1/s1. The Morgan fingerprint density at radius 3 is 2.36 bits per heavy atom. The molecule has 8 rings (SSSR count). The molecule has 1 aromatic carbocycles. The van der Waals surface area contributed by atoms with Gasteiger partial charge in [0, 0.05) is 77.7 Å². The quantitative estimate of drug-likeness (QED) is 0.157. The fourth-order valence-electron chi connectivity index (χ4n) is 11.6. The molecule has 1 saturated heterocycles. The third kappa shape index (κ3) is 7.72. The summed E-state index contributed by atoms with van der Waals surface area (Å²) in [5.74, 6) is -4.29. The lowest BCUT2D eigenvalue weighted by atomic mass is 9.44. The highest BCUT2D eigenvalue weighted by Crippen LogP contribution is 2.72. The van der Waals surface area contributed by atoms with E-state index in [1.165, 1.54) is 19.1 Å². The molecular formula is C49H56FN5O11. The molecule has 0 unspecified atom stereocenters. The van der Waals surface area contributed by atoms with Gasteiger partial charge in [0.25, 0.3) is 11.8 Å². The fraction of sp³-hybridized carbons (Fsp3) is 0.510. The summed E-state index contributed by atoms with van der Waals surface area (Å²) in [5, 5.41) is 30.9. The first-order chi connectivity index (χ1) is 31.2. The number of aromatic nitrogens is 1. The van der Waals surface area contributed by atoms with Crippen LogP contribution in [0.25, 0.3) is 0 Å². The molecule has 3 heterocycles. The number of ether oxygens (including phenoxy) is 2. The molecule has 2 aromatic rings. The molecule has 4 amide bonds. The average molecular weight is 910 g/mol. The molecule has 2 aliphatic heterocycles. The molecule has 1 aromatic heterocycles. The Morgan fingerprint density at radius 1 is 0.985 bits per heavy atom. The first-order valence-electron chi connectivity index (χ1n) is 22.5. The highest BCUT2D eigenvalue weighted by atomic mass is 19.1. The molecule has 5 N–H and O–H groups in total. The second-order valence-electron chi connectivity index (χ2n) is 19.1. The second kappa shape index (κ2) is 17.5. The summed E-state index contributed by atoms with van der Waals surface area (Å²) in [5.41, 5.74) is -3.45. The number of imide groups is 1. The number of carbonyl (C=O) groups excluding carboxylic acids is 7. The number of hydrogen-bond donors (Lipinski definition) is 5. The number of Topliss-reactive ketones (excluding diaryl/α,β-unsaturated/α-hetero) is 2. The number of hydrogen-bond acceptors (Lipinski definition) is 13. The number of amides is 4. The minimum absolute atomic E-state index is 0.106. The van der Waals surface area contributed by atoms with Gasteiger partial charge in [-0.25, -0.2) is 9.37 Å². The molecule has 0 spiro atoms. The number of nitrogens with zero attached hydrogens (tertiary/aromatic N) is 2. The van der Waals surface area contributed by atoms with Crippen LogP contribution >= 0.6 is 0 Å². The van der Waals surface area contributed by atoms with E-state index in [4.69, 9.17) is 9.47 Å².